The smallest absolute Gasteiger partial charge is 0.178 e. The molecular formula is C15H15N3OS. The second-order valence-electron chi connectivity index (χ2n) is 5.67. The van der Waals surface area contributed by atoms with Crippen LogP contribution in [0.3, 0.4) is 0 Å². The first-order valence-electron chi connectivity index (χ1n) is 7.04. The quantitative estimate of drug-likeness (QED) is 0.861. The summed E-state index contributed by atoms with van der Waals surface area (Å²) in [6.45, 7) is 0.804. The normalized spacial score (nSPS) is 25.9. The summed E-state index contributed by atoms with van der Waals surface area (Å²) in [5.74, 6) is 0.688. The standard InChI is InChI=1S/C15H15N3OS/c16-8-9-1-4-11-13(7-9)18(15(20)17-11)12-5-6-19-14(12)10-2-3-10/h1,4,7,10,12,14H,2-3,5-6H2,(H,17,20). The third-order valence-corrected chi connectivity index (χ3v) is 4.67. The molecule has 5 heteroatoms. The molecule has 2 unspecified atom stereocenters. The van der Waals surface area contributed by atoms with Crippen molar-refractivity contribution in [3.63, 3.8) is 0 Å². The van der Waals surface area contributed by atoms with Crippen LogP contribution in [0.15, 0.2) is 18.2 Å². The molecule has 20 heavy (non-hydrogen) atoms. The zero-order valence-corrected chi connectivity index (χ0v) is 11.8. The highest BCUT2D eigenvalue weighted by molar-refractivity contribution is 7.71. The van der Waals surface area contributed by atoms with Gasteiger partial charge in [0.1, 0.15) is 0 Å². The molecule has 0 bridgehead atoms. The first kappa shape index (κ1) is 12.1. The minimum atomic E-state index is 0.284. The van der Waals surface area contributed by atoms with Crippen LogP contribution in [0.25, 0.3) is 11.0 Å². The van der Waals surface area contributed by atoms with Crippen molar-refractivity contribution in [3.05, 3.63) is 28.5 Å². The minimum absolute atomic E-state index is 0.284. The molecule has 1 N–H and O–H groups in total. The summed E-state index contributed by atoms with van der Waals surface area (Å²) in [7, 11) is 0. The third kappa shape index (κ3) is 1.80. The van der Waals surface area contributed by atoms with Gasteiger partial charge in [-0.1, -0.05) is 0 Å². The molecule has 1 aliphatic heterocycles. The minimum Gasteiger partial charge on any atom is -0.376 e. The zero-order valence-electron chi connectivity index (χ0n) is 11.0. The molecule has 2 aliphatic rings. The maximum atomic E-state index is 9.09. The molecule has 1 aromatic carbocycles. The molecule has 0 amide bonds. The summed E-state index contributed by atoms with van der Waals surface area (Å²) >= 11 is 5.50. The van der Waals surface area contributed by atoms with Gasteiger partial charge in [0.2, 0.25) is 0 Å². The number of H-pyrrole nitrogens is 1. The van der Waals surface area contributed by atoms with Crippen molar-refractivity contribution in [2.75, 3.05) is 6.61 Å². The SMILES string of the molecule is N#Cc1ccc2[nH]c(=S)n(C3CCOC3C3CC3)c2c1. The summed E-state index contributed by atoms with van der Waals surface area (Å²) in [5, 5.41) is 9.09. The van der Waals surface area contributed by atoms with Crippen LogP contribution in [0.5, 0.6) is 0 Å². The van der Waals surface area contributed by atoms with E-state index in [4.69, 9.17) is 22.2 Å². The average molecular weight is 285 g/mol. The molecule has 4 rings (SSSR count). The Kier molecular flexibility index (Phi) is 2.69. The van der Waals surface area contributed by atoms with Gasteiger partial charge in [-0.3, -0.25) is 0 Å². The predicted molar refractivity (Wildman–Crippen MR) is 78.0 cm³/mol. The molecule has 2 fully saturated rings. The Labute approximate surface area is 122 Å². The summed E-state index contributed by atoms with van der Waals surface area (Å²) in [6, 6.07) is 8.18. The van der Waals surface area contributed by atoms with Gasteiger partial charge in [-0.25, -0.2) is 0 Å². The lowest BCUT2D eigenvalue weighted by Gasteiger charge is -2.20. The highest BCUT2D eigenvalue weighted by atomic mass is 32.1. The van der Waals surface area contributed by atoms with E-state index in [2.05, 4.69) is 15.6 Å². The maximum absolute atomic E-state index is 9.09. The lowest BCUT2D eigenvalue weighted by Crippen LogP contribution is -2.22. The number of benzene rings is 1. The van der Waals surface area contributed by atoms with Gasteiger partial charge in [-0.15, -0.1) is 0 Å². The van der Waals surface area contributed by atoms with Crippen molar-refractivity contribution < 1.29 is 4.74 Å². The van der Waals surface area contributed by atoms with E-state index in [9.17, 15) is 0 Å². The molecule has 0 spiro atoms. The molecule has 2 atom stereocenters. The van der Waals surface area contributed by atoms with Crippen molar-refractivity contribution in [1.82, 2.24) is 9.55 Å². The van der Waals surface area contributed by atoms with Crippen molar-refractivity contribution >= 4 is 23.3 Å². The van der Waals surface area contributed by atoms with Crippen LogP contribution in [0.4, 0.5) is 0 Å². The van der Waals surface area contributed by atoms with Gasteiger partial charge in [0.15, 0.2) is 4.77 Å². The second kappa shape index (κ2) is 4.44. The Bertz CT molecular complexity index is 765. The molecule has 2 aromatic rings. The molecule has 102 valence electrons. The summed E-state index contributed by atoms with van der Waals surface area (Å²) in [4.78, 5) is 3.25. The zero-order chi connectivity index (χ0) is 13.7. The first-order valence-corrected chi connectivity index (χ1v) is 7.45. The van der Waals surface area contributed by atoms with Crippen molar-refractivity contribution in [2.24, 2.45) is 5.92 Å². The van der Waals surface area contributed by atoms with E-state index in [1.54, 1.807) is 0 Å². The van der Waals surface area contributed by atoms with Gasteiger partial charge in [0.25, 0.3) is 0 Å². The molecule has 1 saturated heterocycles. The molecule has 0 radical (unpaired) electrons. The molecule has 2 heterocycles. The number of nitrogens with zero attached hydrogens (tertiary/aromatic N) is 2. The Morgan fingerprint density at radius 1 is 1.35 bits per heavy atom. The van der Waals surface area contributed by atoms with Crippen molar-refractivity contribution in [1.29, 1.82) is 5.26 Å². The number of ether oxygens (including phenoxy) is 1. The highest BCUT2D eigenvalue weighted by Crippen LogP contribution is 2.44. The Hall–Kier alpha value is -1.64. The van der Waals surface area contributed by atoms with Crippen molar-refractivity contribution in [2.45, 2.75) is 31.4 Å². The van der Waals surface area contributed by atoms with Crippen LogP contribution in [0.2, 0.25) is 0 Å². The number of aromatic nitrogens is 2. The number of hydrogen-bond acceptors (Lipinski definition) is 3. The van der Waals surface area contributed by atoms with Crippen LogP contribution in [-0.4, -0.2) is 22.3 Å². The maximum Gasteiger partial charge on any atom is 0.178 e. The van der Waals surface area contributed by atoms with E-state index >= 15 is 0 Å². The van der Waals surface area contributed by atoms with Gasteiger partial charge in [-0.05, 0) is 55.6 Å². The molecule has 1 aromatic heterocycles. The van der Waals surface area contributed by atoms with Gasteiger partial charge < -0.3 is 14.3 Å². The van der Waals surface area contributed by atoms with E-state index < -0.39 is 0 Å². The van der Waals surface area contributed by atoms with Gasteiger partial charge >= 0.3 is 0 Å². The lowest BCUT2D eigenvalue weighted by atomic mass is 10.1. The monoisotopic (exact) mass is 285 g/mol. The topological polar surface area (TPSA) is 53.7 Å². The summed E-state index contributed by atoms with van der Waals surface area (Å²) in [6.07, 6.45) is 3.81. The Balaban J connectivity index is 1.87. The van der Waals surface area contributed by atoms with Crippen LogP contribution in [-0.2, 0) is 4.74 Å². The average Bonchev–Trinajstić information content (AvgIpc) is 3.10. The first-order chi connectivity index (χ1) is 9.78. The number of aromatic amines is 1. The molecule has 1 aliphatic carbocycles. The molecule has 4 nitrogen and oxygen atoms in total. The van der Waals surface area contributed by atoms with Crippen molar-refractivity contribution in [3.8, 4) is 6.07 Å². The number of nitrogens with one attached hydrogen (secondary N) is 1. The summed E-state index contributed by atoms with van der Waals surface area (Å²) in [5.41, 5.74) is 2.69. The third-order valence-electron chi connectivity index (χ3n) is 4.37. The van der Waals surface area contributed by atoms with E-state index in [1.165, 1.54) is 12.8 Å². The lowest BCUT2D eigenvalue weighted by molar-refractivity contribution is 0.0756. The van der Waals surface area contributed by atoms with E-state index in [-0.39, 0.29) is 6.10 Å². The van der Waals surface area contributed by atoms with E-state index in [0.717, 1.165) is 28.8 Å². The van der Waals surface area contributed by atoms with Crippen LogP contribution in [0, 0.1) is 22.0 Å². The Morgan fingerprint density at radius 3 is 2.95 bits per heavy atom. The molecule has 1 saturated carbocycles. The van der Waals surface area contributed by atoms with Gasteiger partial charge in [-0.2, -0.15) is 5.26 Å². The van der Waals surface area contributed by atoms with E-state index in [1.807, 2.05) is 18.2 Å². The number of rotatable bonds is 2. The fraction of sp³-hybridized carbons (Fsp3) is 0.467. The highest BCUT2D eigenvalue weighted by Gasteiger charge is 2.42. The number of fused-ring (bicyclic) bond motifs is 1. The predicted octanol–water partition coefficient (Wildman–Crippen LogP) is 3.31. The number of nitriles is 1. The van der Waals surface area contributed by atoms with Crippen LogP contribution >= 0.6 is 12.2 Å². The fourth-order valence-corrected chi connectivity index (χ4v) is 3.62. The number of hydrogen-bond donors (Lipinski definition) is 1. The van der Waals surface area contributed by atoms with Gasteiger partial charge in [0, 0.05) is 6.61 Å². The van der Waals surface area contributed by atoms with Gasteiger partial charge in [0.05, 0.1) is 34.8 Å². The van der Waals surface area contributed by atoms with Crippen LogP contribution < -0.4 is 0 Å². The number of imidazole rings is 1. The second-order valence-corrected chi connectivity index (χ2v) is 6.06. The molecular weight excluding hydrogens is 270 g/mol. The summed E-state index contributed by atoms with van der Waals surface area (Å²) < 4.78 is 8.83. The Morgan fingerprint density at radius 2 is 2.20 bits per heavy atom. The van der Waals surface area contributed by atoms with E-state index in [0.29, 0.717) is 17.5 Å². The van der Waals surface area contributed by atoms with Crippen LogP contribution in [0.1, 0.15) is 30.9 Å². The fourth-order valence-electron chi connectivity index (χ4n) is 3.27. The largest absolute Gasteiger partial charge is 0.376 e.